The summed E-state index contributed by atoms with van der Waals surface area (Å²) in [4.78, 5) is 5.98. The van der Waals surface area contributed by atoms with Gasteiger partial charge >= 0.3 is 0 Å². The fraction of sp³-hybridized carbons (Fsp3) is 0.438. The highest BCUT2D eigenvalue weighted by atomic mass is 32.1. The summed E-state index contributed by atoms with van der Waals surface area (Å²) < 4.78 is 5.92. The quantitative estimate of drug-likeness (QED) is 0.882. The molecule has 0 bridgehead atoms. The second-order valence-corrected chi connectivity index (χ2v) is 6.02. The molecule has 0 aliphatic carbocycles. The number of aromatic nitrogens is 1. The summed E-state index contributed by atoms with van der Waals surface area (Å²) in [7, 11) is 1.96. The number of ether oxygens (including phenoxy) is 1. The van der Waals surface area contributed by atoms with Crippen LogP contribution in [0.1, 0.15) is 33.6 Å². The SMILES string of the molecule is CCc1nc(COc2cccc(C)c2C)sc1CNC. The molecule has 0 aliphatic rings. The predicted octanol–water partition coefficient (Wildman–Crippen LogP) is 3.62. The van der Waals surface area contributed by atoms with E-state index in [1.807, 2.05) is 19.2 Å². The summed E-state index contributed by atoms with van der Waals surface area (Å²) in [5.41, 5.74) is 3.64. The van der Waals surface area contributed by atoms with E-state index < -0.39 is 0 Å². The molecule has 0 amide bonds. The van der Waals surface area contributed by atoms with E-state index in [2.05, 4.69) is 37.1 Å². The van der Waals surface area contributed by atoms with Crippen LogP contribution in [0.4, 0.5) is 0 Å². The average Bonchev–Trinajstić information content (AvgIpc) is 2.83. The largest absolute Gasteiger partial charge is 0.486 e. The van der Waals surface area contributed by atoms with E-state index in [4.69, 9.17) is 4.74 Å². The highest BCUT2D eigenvalue weighted by Crippen LogP contribution is 2.24. The number of nitrogens with one attached hydrogen (secondary N) is 1. The molecule has 0 aliphatic heterocycles. The van der Waals surface area contributed by atoms with E-state index in [-0.39, 0.29) is 0 Å². The monoisotopic (exact) mass is 290 g/mol. The van der Waals surface area contributed by atoms with Crippen LogP contribution in [0.15, 0.2) is 18.2 Å². The van der Waals surface area contributed by atoms with Crippen molar-refractivity contribution in [3.63, 3.8) is 0 Å². The fourth-order valence-corrected chi connectivity index (χ4v) is 3.18. The third-order valence-corrected chi connectivity index (χ3v) is 4.47. The predicted molar refractivity (Wildman–Crippen MR) is 84.5 cm³/mol. The highest BCUT2D eigenvalue weighted by Gasteiger charge is 2.10. The van der Waals surface area contributed by atoms with Gasteiger partial charge in [0, 0.05) is 11.4 Å². The first kappa shape index (κ1) is 15.0. The molecule has 0 unspecified atom stereocenters. The number of thiazole rings is 1. The number of benzene rings is 1. The molecule has 3 nitrogen and oxygen atoms in total. The second kappa shape index (κ2) is 6.86. The third kappa shape index (κ3) is 3.38. The van der Waals surface area contributed by atoms with Crippen molar-refractivity contribution < 1.29 is 4.74 Å². The maximum absolute atomic E-state index is 5.92. The summed E-state index contributed by atoms with van der Waals surface area (Å²) in [5.74, 6) is 0.952. The molecule has 2 aromatic rings. The van der Waals surface area contributed by atoms with Gasteiger partial charge in [-0.15, -0.1) is 11.3 Å². The number of hydrogen-bond donors (Lipinski definition) is 1. The normalized spacial score (nSPS) is 10.8. The molecular weight excluding hydrogens is 268 g/mol. The van der Waals surface area contributed by atoms with Crippen molar-refractivity contribution >= 4 is 11.3 Å². The van der Waals surface area contributed by atoms with Crippen LogP contribution < -0.4 is 10.1 Å². The molecule has 2 rings (SSSR count). The smallest absolute Gasteiger partial charge is 0.140 e. The van der Waals surface area contributed by atoms with E-state index >= 15 is 0 Å². The lowest BCUT2D eigenvalue weighted by Gasteiger charge is -2.09. The number of rotatable bonds is 6. The summed E-state index contributed by atoms with van der Waals surface area (Å²) in [6.45, 7) is 7.77. The summed E-state index contributed by atoms with van der Waals surface area (Å²) in [5, 5.41) is 4.24. The van der Waals surface area contributed by atoms with Gasteiger partial charge in [0.05, 0.1) is 5.69 Å². The standard InChI is InChI=1S/C16H22N2OS/c1-5-13-15(9-17-4)20-16(18-13)10-19-14-8-6-7-11(2)12(14)3/h6-8,17H,5,9-10H2,1-4H3. The molecule has 0 fully saturated rings. The Morgan fingerprint density at radius 2 is 2.10 bits per heavy atom. The maximum atomic E-state index is 5.92. The molecule has 0 spiro atoms. The van der Waals surface area contributed by atoms with Crippen LogP contribution in [0.25, 0.3) is 0 Å². The molecule has 1 N–H and O–H groups in total. The minimum Gasteiger partial charge on any atom is -0.486 e. The maximum Gasteiger partial charge on any atom is 0.140 e. The lowest BCUT2D eigenvalue weighted by atomic mass is 10.1. The Bertz CT molecular complexity index is 578. The highest BCUT2D eigenvalue weighted by molar-refractivity contribution is 7.11. The Morgan fingerprint density at radius 1 is 1.30 bits per heavy atom. The molecule has 20 heavy (non-hydrogen) atoms. The number of hydrogen-bond acceptors (Lipinski definition) is 4. The number of aryl methyl sites for hydroxylation is 2. The third-order valence-electron chi connectivity index (χ3n) is 3.40. The van der Waals surface area contributed by atoms with Gasteiger partial charge in [0.15, 0.2) is 0 Å². The first-order valence-electron chi connectivity index (χ1n) is 6.96. The number of nitrogens with zero attached hydrogens (tertiary/aromatic N) is 1. The van der Waals surface area contributed by atoms with Gasteiger partial charge in [-0.2, -0.15) is 0 Å². The van der Waals surface area contributed by atoms with Crippen molar-refractivity contribution in [3.05, 3.63) is 44.9 Å². The molecule has 0 atom stereocenters. The van der Waals surface area contributed by atoms with Crippen LogP contribution in [-0.2, 0) is 19.6 Å². The van der Waals surface area contributed by atoms with Crippen LogP contribution in [0.2, 0.25) is 0 Å². The first-order valence-corrected chi connectivity index (χ1v) is 7.78. The Kier molecular flexibility index (Phi) is 5.15. The van der Waals surface area contributed by atoms with Crippen molar-refractivity contribution in [3.8, 4) is 5.75 Å². The van der Waals surface area contributed by atoms with E-state index in [9.17, 15) is 0 Å². The van der Waals surface area contributed by atoms with Crippen molar-refractivity contribution in [2.24, 2.45) is 0 Å². The van der Waals surface area contributed by atoms with Crippen LogP contribution in [0.3, 0.4) is 0 Å². The Balaban J connectivity index is 2.09. The Hall–Kier alpha value is -1.39. The zero-order valence-corrected chi connectivity index (χ0v) is 13.4. The van der Waals surface area contributed by atoms with Crippen LogP contribution in [-0.4, -0.2) is 12.0 Å². The molecule has 0 saturated heterocycles. The molecule has 4 heteroatoms. The second-order valence-electron chi connectivity index (χ2n) is 4.85. The molecule has 108 valence electrons. The lowest BCUT2D eigenvalue weighted by molar-refractivity contribution is 0.303. The van der Waals surface area contributed by atoms with Gasteiger partial charge in [-0.1, -0.05) is 19.1 Å². The lowest BCUT2D eigenvalue weighted by Crippen LogP contribution is -2.05. The van der Waals surface area contributed by atoms with Gasteiger partial charge in [0.2, 0.25) is 0 Å². The van der Waals surface area contributed by atoms with Gasteiger partial charge in [0.25, 0.3) is 0 Å². The molecule has 1 aromatic carbocycles. The van der Waals surface area contributed by atoms with E-state index in [0.717, 1.165) is 23.7 Å². The summed E-state index contributed by atoms with van der Waals surface area (Å²) >= 11 is 1.74. The van der Waals surface area contributed by atoms with E-state index in [1.54, 1.807) is 11.3 Å². The first-order chi connectivity index (χ1) is 9.65. The summed E-state index contributed by atoms with van der Waals surface area (Å²) in [6.07, 6.45) is 0.969. The van der Waals surface area contributed by atoms with Crippen molar-refractivity contribution in [1.29, 1.82) is 0 Å². The van der Waals surface area contributed by atoms with Gasteiger partial charge < -0.3 is 10.1 Å². The van der Waals surface area contributed by atoms with Crippen molar-refractivity contribution in [1.82, 2.24) is 10.3 Å². The van der Waals surface area contributed by atoms with Crippen molar-refractivity contribution in [2.75, 3.05) is 7.05 Å². The van der Waals surface area contributed by atoms with E-state index in [0.29, 0.717) is 6.61 Å². The minimum atomic E-state index is 0.547. The fourth-order valence-electron chi connectivity index (χ4n) is 2.09. The van der Waals surface area contributed by atoms with Gasteiger partial charge in [-0.25, -0.2) is 4.98 Å². The van der Waals surface area contributed by atoms with E-state index in [1.165, 1.54) is 21.7 Å². The molecule has 1 aromatic heterocycles. The average molecular weight is 290 g/mol. The molecule has 0 saturated carbocycles. The van der Waals surface area contributed by atoms with Crippen LogP contribution >= 0.6 is 11.3 Å². The van der Waals surface area contributed by atoms with Crippen LogP contribution in [0, 0.1) is 13.8 Å². The van der Waals surface area contributed by atoms with Crippen molar-refractivity contribution in [2.45, 2.75) is 40.3 Å². The summed E-state index contributed by atoms with van der Waals surface area (Å²) in [6, 6.07) is 6.15. The van der Waals surface area contributed by atoms with Gasteiger partial charge in [-0.05, 0) is 44.5 Å². The Labute approximate surface area is 125 Å². The topological polar surface area (TPSA) is 34.1 Å². The van der Waals surface area contributed by atoms with Gasteiger partial charge in [0.1, 0.15) is 17.4 Å². The Morgan fingerprint density at radius 3 is 2.80 bits per heavy atom. The molecule has 1 heterocycles. The molecular formula is C16H22N2OS. The zero-order chi connectivity index (χ0) is 14.5. The molecule has 0 radical (unpaired) electrons. The van der Waals surface area contributed by atoms with Crippen LogP contribution in [0.5, 0.6) is 5.75 Å². The minimum absolute atomic E-state index is 0.547. The zero-order valence-electron chi connectivity index (χ0n) is 12.6. The van der Waals surface area contributed by atoms with Gasteiger partial charge in [-0.3, -0.25) is 0 Å².